The number of carbonyl (C=O) groups is 2. The predicted octanol–water partition coefficient (Wildman–Crippen LogP) is 4.91. The van der Waals surface area contributed by atoms with Gasteiger partial charge in [-0.15, -0.1) is 0 Å². The summed E-state index contributed by atoms with van der Waals surface area (Å²) >= 11 is 7.19. The molecule has 0 aliphatic heterocycles. The summed E-state index contributed by atoms with van der Waals surface area (Å²) in [5.74, 6) is -0.540. The van der Waals surface area contributed by atoms with Crippen LogP contribution in [0.2, 0.25) is 5.02 Å². The molecule has 0 bridgehead atoms. The van der Waals surface area contributed by atoms with Gasteiger partial charge in [0.05, 0.1) is 21.2 Å². The molecule has 3 rings (SSSR count). The second kappa shape index (κ2) is 10.1. The summed E-state index contributed by atoms with van der Waals surface area (Å²) in [6.45, 7) is 0. The van der Waals surface area contributed by atoms with Gasteiger partial charge in [-0.25, -0.2) is 9.03 Å². The number of nitrogens with zero attached hydrogens (tertiary/aromatic N) is 2. The van der Waals surface area contributed by atoms with Crippen LogP contribution < -0.4 is 14.3 Å². The Hall–Kier alpha value is -3.40. The number of amides is 2. The van der Waals surface area contributed by atoms with E-state index in [1.807, 2.05) is 36.4 Å². The molecule has 8 nitrogen and oxygen atoms in total. The number of rotatable bonds is 8. The minimum Gasteiger partial charge on any atom is -0.322 e. The third kappa shape index (κ3) is 5.40. The van der Waals surface area contributed by atoms with E-state index >= 15 is 0 Å². The standard InChI is InChI=1S/C21H17ClN4O4S/c1-23-31-25(13-27)17-8-4-15(5-9-17)14-2-6-16(7-3-14)24-21(28)19-12-18(26(29)30)10-11-20(19)22/h2-13,23H,1H3,(H,24,28). The number of hydrogen-bond acceptors (Lipinski definition) is 6. The fourth-order valence-electron chi connectivity index (χ4n) is 2.78. The summed E-state index contributed by atoms with van der Waals surface area (Å²) in [6, 6.07) is 18.2. The van der Waals surface area contributed by atoms with Gasteiger partial charge in [-0.05, 0) is 48.5 Å². The Morgan fingerprint density at radius 1 is 1.06 bits per heavy atom. The van der Waals surface area contributed by atoms with Crippen molar-refractivity contribution < 1.29 is 14.5 Å². The van der Waals surface area contributed by atoms with Gasteiger partial charge in [0.15, 0.2) is 0 Å². The van der Waals surface area contributed by atoms with E-state index in [9.17, 15) is 19.7 Å². The molecule has 0 fully saturated rings. The number of anilines is 2. The fraction of sp³-hybridized carbons (Fsp3) is 0.0476. The predicted molar refractivity (Wildman–Crippen MR) is 123 cm³/mol. The largest absolute Gasteiger partial charge is 0.322 e. The molecule has 0 saturated heterocycles. The highest BCUT2D eigenvalue weighted by Gasteiger charge is 2.16. The van der Waals surface area contributed by atoms with Crippen LogP contribution in [-0.4, -0.2) is 24.3 Å². The van der Waals surface area contributed by atoms with Crippen LogP contribution in [0, 0.1) is 10.1 Å². The molecule has 3 aromatic rings. The average molecular weight is 457 g/mol. The highest BCUT2D eigenvalue weighted by Crippen LogP contribution is 2.27. The minimum absolute atomic E-state index is 0.0229. The Kier molecular flexibility index (Phi) is 7.24. The number of non-ortho nitro benzene ring substituents is 1. The molecule has 0 saturated carbocycles. The number of nitrogens with one attached hydrogen (secondary N) is 2. The fourth-order valence-corrected chi connectivity index (χ4v) is 3.45. The van der Waals surface area contributed by atoms with Crippen molar-refractivity contribution in [3.05, 3.63) is 87.4 Å². The molecule has 2 amide bonds. The van der Waals surface area contributed by atoms with Gasteiger partial charge in [-0.2, -0.15) is 0 Å². The van der Waals surface area contributed by atoms with E-state index < -0.39 is 10.8 Å². The molecular formula is C21H17ClN4O4S. The third-order valence-electron chi connectivity index (χ3n) is 4.29. The lowest BCUT2D eigenvalue weighted by atomic mass is 10.0. The second-order valence-corrected chi connectivity index (χ2v) is 7.62. The Morgan fingerprint density at radius 3 is 2.23 bits per heavy atom. The molecule has 0 heterocycles. The first-order valence-electron chi connectivity index (χ1n) is 8.97. The smallest absolute Gasteiger partial charge is 0.270 e. The van der Waals surface area contributed by atoms with Crippen molar-refractivity contribution in [3.63, 3.8) is 0 Å². The van der Waals surface area contributed by atoms with Crippen molar-refractivity contribution in [2.75, 3.05) is 16.7 Å². The van der Waals surface area contributed by atoms with Gasteiger partial charge in [0.2, 0.25) is 6.41 Å². The maximum Gasteiger partial charge on any atom is 0.270 e. The van der Waals surface area contributed by atoms with Crippen molar-refractivity contribution in [2.24, 2.45) is 0 Å². The van der Waals surface area contributed by atoms with Gasteiger partial charge in [0.25, 0.3) is 11.6 Å². The van der Waals surface area contributed by atoms with Crippen molar-refractivity contribution in [1.82, 2.24) is 4.72 Å². The zero-order valence-electron chi connectivity index (χ0n) is 16.2. The molecule has 0 aliphatic carbocycles. The normalized spacial score (nSPS) is 10.4. The van der Waals surface area contributed by atoms with E-state index in [1.165, 1.54) is 28.6 Å². The lowest BCUT2D eigenvalue weighted by Crippen LogP contribution is -2.16. The van der Waals surface area contributed by atoms with Gasteiger partial charge in [-0.1, -0.05) is 35.9 Å². The van der Waals surface area contributed by atoms with E-state index in [4.69, 9.17) is 11.6 Å². The van der Waals surface area contributed by atoms with Gasteiger partial charge in [0.1, 0.15) is 0 Å². The summed E-state index contributed by atoms with van der Waals surface area (Å²) in [5, 5.41) is 13.7. The van der Waals surface area contributed by atoms with Crippen LogP contribution in [-0.2, 0) is 4.79 Å². The maximum absolute atomic E-state index is 12.5. The summed E-state index contributed by atoms with van der Waals surface area (Å²) in [7, 11) is 1.73. The lowest BCUT2D eigenvalue weighted by Gasteiger charge is -2.15. The molecule has 3 aromatic carbocycles. The summed E-state index contributed by atoms with van der Waals surface area (Å²) in [6.07, 6.45) is 0.723. The zero-order valence-corrected chi connectivity index (χ0v) is 17.8. The number of carbonyl (C=O) groups excluding carboxylic acids is 2. The lowest BCUT2D eigenvalue weighted by molar-refractivity contribution is -0.384. The quantitative estimate of drug-likeness (QED) is 0.216. The minimum atomic E-state index is -0.584. The monoisotopic (exact) mass is 456 g/mol. The zero-order chi connectivity index (χ0) is 22.4. The number of hydrogen-bond donors (Lipinski definition) is 2. The van der Waals surface area contributed by atoms with E-state index in [0.717, 1.165) is 29.3 Å². The molecule has 0 aromatic heterocycles. The van der Waals surface area contributed by atoms with Gasteiger partial charge >= 0.3 is 0 Å². The van der Waals surface area contributed by atoms with Crippen LogP contribution in [0.1, 0.15) is 10.4 Å². The molecule has 0 atom stereocenters. The first-order valence-corrected chi connectivity index (χ1v) is 10.1. The number of nitro benzene ring substituents is 1. The van der Waals surface area contributed by atoms with Crippen molar-refractivity contribution >= 4 is 53.1 Å². The molecule has 2 N–H and O–H groups in total. The topological polar surface area (TPSA) is 105 Å². The van der Waals surface area contributed by atoms with Crippen LogP contribution in [0.4, 0.5) is 17.1 Å². The van der Waals surface area contributed by atoms with Gasteiger partial charge in [0, 0.05) is 30.0 Å². The molecule has 158 valence electrons. The van der Waals surface area contributed by atoms with Gasteiger partial charge in [-0.3, -0.25) is 19.7 Å². The Bertz CT molecular complexity index is 1110. The number of benzene rings is 3. The highest BCUT2D eigenvalue weighted by atomic mass is 35.5. The SMILES string of the molecule is CNSN(C=O)c1ccc(-c2ccc(NC(=O)c3cc([N+](=O)[O-])ccc3Cl)cc2)cc1. The first kappa shape index (κ1) is 22.3. The van der Waals surface area contributed by atoms with Crippen LogP contribution in [0.15, 0.2) is 66.7 Å². The van der Waals surface area contributed by atoms with Crippen LogP contribution in [0.3, 0.4) is 0 Å². The average Bonchev–Trinajstić information content (AvgIpc) is 2.78. The van der Waals surface area contributed by atoms with Gasteiger partial charge < -0.3 is 5.32 Å². The Labute approximate surface area is 187 Å². The number of halogens is 1. The number of nitro groups is 1. The van der Waals surface area contributed by atoms with E-state index in [2.05, 4.69) is 10.0 Å². The molecule has 31 heavy (non-hydrogen) atoms. The van der Waals surface area contributed by atoms with E-state index in [0.29, 0.717) is 5.69 Å². The van der Waals surface area contributed by atoms with Crippen LogP contribution in [0.25, 0.3) is 11.1 Å². The molecule has 0 unspecified atom stereocenters. The third-order valence-corrected chi connectivity index (χ3v) is 5.29. The van der Waals surface area contributed by atoms with Crippen molar-refractivity contribution in [3.8, 4) is 11.1 Å². The second-order valence-electron chi connectivity index (χ2n) is 6.23. The Balaban J connectivity index is 1.73. The first-order chi connectivity index (χ1) is 14.9. The molecule has 0 spiro atoms. The summed E-state index contributed by atoms with van der Waals surface area (Å²) in [5.41, 5.74) is 2.91. The summed E-state index contributed by atoms with van der Waals surface area (Å²) < 4.78 is 4.30. The van der Waals surface area contributed by atoms with Crippen molar-refractivity contribution in [2.45, 2.75) is 0 Å². The van der Waals surface area contributed by atoms with E-state index in [1.54, 1.807) is 19.2 Å². The van der Waals surface area contributed by atoms with E-state index in [-0.39, 0.29) is 16.3 Å². The van der Waals surface area contributed by atoms with Crippen LogP contribution >= 0.6 is 23.7 Å². The molecule has 10 heteroatoms. The van der Waals surface area contributed by atoms with Crippen LogP contribution in [0.5, 0.6) is 0 Å². The molecule has 0 radical (unpaired) electrons. The highest BCUT2D eigenvalue weighted by molar-refractivity contribution is 7.99. The Morgan fingerprint density at radius 2 is 1.68 bits per heavy atom. The maximum atomic E-state index is 12.5. The van der Waals surface area contributed by atoms with Crippen molar-refractivity contribution in [1.29, 1.82) is 0 Å². The molecule has 0 aliphatic rings. The summed E-state index contributed by atoms with van der Waals surface area (Å²) in [4.78, 5) is 34.0. The molecular weight excluding hydrogens is 440 g/mol.